The van der Waals surface area contributed by atoms with Crippen LogP contribution in [0.5, 0.6) is 0 Å². The molecule has 6 nitrogen and oxygen atoms in total. The monoisotopic (exact) mass is 302 g/mol. The largest absolute Gasteiger partial charge is 0.468 e. The summed E-state index contributed by atoms with van der Waals surface area (Å²) in [6.45, 7) is 1.34. The van der Waals surface area contributed by atoms with Crippen molar-refractivity contribution in [3.63, 3.8) is 0 Å². The molecule has 1 aromatic rings. The molecule has 0 aliphatic heterocycles. The van der Waals surface area contributed by atoms with E-state index in [1.54, 1.807) is 0 Å². The maximum absolute atomic E-state index is 12.0. The number of esters is 1. The Hall–Kier alpha value is -1.62. The van der Waals surface area contributed by atoms with Gasteiger partial charge in [0.15, 0.2) is 0 Å². The van der Waals surface area contributed by atoms with Crippen molar-refractivity contribution in [2.75, 3.05) is 7.11 Å². The Morgan fingerprint density at radius 3 is 2.68 bits per heavy atom. The molecular weight excluding hydrogens is 292 g/mol. The lowest BCUT2D eigenvalue weighted by atomic mass is 10.2. The number of nitriles is 1. The van der Waals surface area contributed by atoms with E-state index in [2.05, 4.69) is 9.46 Å². The van der Waals surface area contributed by atoms with E-state index in [0.29, 0.717) is 0 Å². The topological polar surface area (TPSA) is 96.3 Å². The van der Waals surface area contributed by atoms with Crippen LogP contribution in [0.3, 0.4) is 0 Å². The first-order chi connectivity index (χ1) is 8.81. The summed E-state index contributed by atoms with van der Waals surface area (Å²) >= 11 is 5.79. The van der Waals surface area contributed by atoms with Crippen molar-refractivity contribution in [2.24, 2.45) is 0 Å². The summed E-state index contributed by atoms with van der Waals surface area (Å²) in [7, 11) is -2.86. The molecule has 0 aromatic heterocycles. The summed E-state index contributed by atoms with van der Waals surface area (Å²) in [6.07, 6.45) is 0. The Bertz CT molecular complexity index is 637. The van der Waals surface area contributed by atoms with Gasteiger partial charge in [0, 0.05) is 0 Å². The highest BCUT2D eigenvalue weighted by Crippen LogP contribution is 2.22. The van der Waals surface area contributed by atoms with E-state index in [-0.39, 0.29) is 15.5 Å². The highest BCUT2D eigenvalue weighted by molar-refractivity contribution is 7.89. The lowest BCUT2D eigenvalue weighted by Gasteiger charge is -2.13. The quantitative estimate of drug-likeness (QED) is 0.839. The Kier molecular flexibility index (Phi) is 4.89. The molecule has 8 heteroatoms. The average Bonchev–Trinajstić information content (AvgIpc) is 2.37. The summed E-state index contributed by atoms with van der Waals surface area (Å²) in [4.78, 5) is 10.9. The predicted octanol–water partition coefficient (Wildman–Crippen LogP) is 1.05. The normalized spacial score (nSPS) is 12.5. The van der Waals surface area contributed by atoms with Crippen LogP contribution in [-0.2, 0) is 19.6 Å². The van der Waals surface area contributed by atoms with Crippen LogP contribution < -0.4 is 4.72 Å². The molecule has 0 fully saturated rings. The number of halogens is 1. The van der Waals surface area contributed by atoms with Crippen LogP contribution in [0.25, 0.3) is 0 Å². The van der Waals surface area contributed by atoms with Crippen molar-refractivity contribution in [2.45, 2.75) is 17.9 Å². The SMILES string of the molecule is COC(=O)C(C)NS(=O)(=O)c1cc(C#N)ccc1Cl. The lowest BCUT2D eigenvalue weighted by Crippen LogP contribution is -2.39. The molecule has 1 atom stereocenters. The van der Waals surface area contributed by atoms with Crippen LogP contribution in [-0.4, -0.2) is 27.5 Å². The van der Waals surface area contributed by atoms with E-state index in [0.717, 1.165) is 13.2 Å². The number of carbonyl (C=O) groups is 1. The molecule has 0 spiro atoms. The van der Waals surface area contributed by atoms with E-state index in [4.69, 9.17) is 16.9 Å². The second-order valence-corrected chi connectivity index (χ2v) is 5.71. The zero-order valence-corrected chi connectivity index (χ0v) is 11.7. The molecule has 0 heterocycles. The fourth-order valence-corrected chi connectivity index (χ4v) is 3.02. The molecule has 0 saturated heterocycles. The predicted molar refractivity (Wildman–Crippen MR) is 68.0 cm³/mol. The van der Waals surface area contributed by atoms with Crippen LogP contribution in [0.4, 0.5) is 0 Å². The third-order valence-electron chi connectivity index (χ3n) is 2.24. The third kappa shape index (κ3) is 3.67. The van der Waals surface area contributed by atoms with Gasteiger partial charge in [-0.15, -0.1) is 0 Å². The van der Waals surface area contributed by atoms with Gasteiger partial charge in [-0.2, -0.15) is 9.98 Å². The van der Waals surface area contributed by atoms with Crippen molar-refractivity contribution < 1.29 is 17.9 Å². The summed E-state index contributed by atoms with van der Waals surface area (Å²) in [6, 6.07) is 4.58. The second kappa shape index (κ2) is 6.02. The van der Waals surface area contributed by atoms with Crippen LogP contribution >= 0.6 is 11.6 Å². The number of rotatable bonds is 4. The van der Waals surface area contributed by atoms with Gasteiger partial charge in [-0.3, -0.25) is 4.79 Å². The lowest BCUT2D eigenvalue weighted by molar-refractivity contribution is -0.142. The van der Waals surface area contributed by atoms with Gasteiger partial charge in [0.25, 0.3) is 0 Å². The Morgan fingerprint density at radius 2 is 2.16 bits per heavy atom. The number of nitrogens with one attached hydrogen (secondary N) is 1. The molecule has 1 rings (SSSR count). The number of hydrogen-bond donors (Lipinski definition) is 1. The second-order valence-electron chi connectivity index (χ2n) is 3.62. The number of benzene rings is 1. The van der Waals surface area contributed by atoms with Crippen molar-refractivity contribution >= 4 is 27.6 Å². The van der Waals surface area contributed by atoms with Crippen LogP contribution in [0.2, 0.25) is 5.02 Å². The molecule has 0 radical (unpaired) electrons. The van der Waals surface area contributed by atoms with Crippen molar-refractivity contribution in [1.29, 1.82) is 5.26 Å². The van der Waals surface area contributed by atoms with Gasteiger partial charge in [-0.1, -0.05) is 11.6 Å². The number of hydrogen-bond acceptors (Lipinski definition) is 5. The zero-order chi connectivity index (χ0) is 14.6. The van der Waals surface area contributed by atoms with Gasteiger partial charge >= 0.3 is 5.97 Å². The molecule has 0 saturated carbocycles. The van der Waals surface area contributed by atoms with E-state index in [1.165, 1.54) is 19.1 Å². The molecule has 19 heavy (non-hydrogen) atoms. The zero-order valence-electron chi connectivity index (χ0n) is 10.2. The highest BCUT2D eigenvalue weighted by atomic mass is 35.5. The average molecular weight is 303 g/mol. The summed E-state index contributed by atoms with van der Waals surface area (Å²) < 4.78 is 30.6. The van der Waals surface area contributed by atoms with Gasteiger partial charge < -0.3 is 4.74 Å². The number of nitrogens with zero attached hydrogens (tertiary/aromatic N) is 1. The Morgan fingerprint density at radius 1 is 1.53 bits per heavy atom. The smallest absolute Gasteiger partial charge is 0.323 e. The fraction of sp³-hybridized carbons (Fsp3) is 0.273. The van der Waals surface area contributed by atoms with Crippen molar-refractivity contribution in [1.82, 2.24) is 4.72 Å². The van der Waals surface area contributed by atoms with Gasteiger partial charge in [-0.05, 0) is 25.1 Å². The summed E-state index contributed by atoms with van der Waals surface area (Å²) in [5, 5.41) is 8.71. The van der Waals surface area contributed by atoms with Crippen molar-refractivity contribution in [3.05, 3.63) is 28.8 Å². The van der Waals surface area contributed by atoms with Gasteiger partial charge in [-0.25, -0.2) is 8.42 Å². The van der Waals surface area contributed by atoms with Gasteiger partial charge in [0.05, 0.1) is 23.8 Å². The number of carbonyl (C=O) groups excluding carboxylic acids is 1. The van der Waals surface area contributed by atoms with Crippen LogP contribution in [0, 0.1) is 11.3 Å². The van der Waals surface area contributed by atoms with E-state index in [9.17, 15) is 13.2 Å². The first-order valence-corrected chi connectivity index (χ1v) is 6.97. The summed E-state index contributed by atoms with van der Waals surface area (Å²) in [5.41, 5.74) is 0.149. The minimum Gasteiger partial charge on any atom is -0.468 e. The van der Waals surface area contributed by atoms with Crippen LogP contribution in [0.1, 0.15) is 12.5 Å². The minimum atomic E-state index is -4.01. The number of ether oxygens (including phenoxy) is 1. The highest BCUT2D eigenvalue weighted by Gasteiger charge is 2.24. The molecule has 0 amide bonds. The molecule has 0 aliphatic rings. The van der Waals surface area contributed by atoms with Crippen LogP contribution in [0.15, 0.2) is 23.1 Å². The first-order valence-electron chi connectivity index (χ1n) is 5.11. The van der Waals surface area contributed by atoms with Gasteiger partial charge in [0.1, 0.15) is 10.9 Å². The minimum absolute atomic E-state index is 0.0384. The molecule has 0 aliphatic carbocycles. The molecule has 0 bridgehead atoms. The number of methoxy groups -OCH3 is 1. The standard InChI is InChI=1S/C11H11ClN2O4S/c1-7(11(15)18-2)14-19(16,17)10-5-8(6-13)3-4-9(10)12/h3-5,7,14H,1-2H3. The molecule has 1 N–H and O–H groups in total. The van der Waals surface area contributed by atoms with E-state index >= 15 is 0 Å². The molecular formula is C11H11ClN2O4S. The molecule has 1 aromatic carbocycles. The van der Waals surface area contributed by atoms with Crippen molar-refractivity contribution in [3.8, 4) is 6.07 Å². The number of sulfonamides is 1. The maximum Gasteiger partial charge on any atom is 0.323 e. The van der Waals surface area contributed by atoms with E-state index in [1.807, 2.05) is 6.07 Å². The Balaban J connectivity index is 3.14. The van der Waals surface area contributed by atoms with Gasteiger partial charge in [0.2, 0.25) is 10.0 Å². The summed E-state index contributed by atoms with van der Waals surface area (Å²) in [5.74, 6) is -0.726. The first kappa shape index (κ1) is 15.4. The maximum atomic E-state index is 12.0. The Labute approximate surface area is 116 Å². The fourth-order valence-electron chi connectivity index (χ4n) is 1.30. The third-order valence-corrected chi connectivity index (χ3v) is 4.26. The molecule has 102 valence electrons. The molecule has 1 unspecified atom stereocenters. The van der Waals surface area contributed by atoms with E-state index < -0.39 is 22.0 Å².